The molecule has 0 bridgehead atoms. The van der Waals surface area contributed by atoms with Crippen molar-refractivity contribution in [3.05, 3.63) is 52.8 Å². The molecule has 4 nitrogen and oxygen atoms in total. The molecule has 0 fully saturated rings. The Labute approximate surface area is 113 Å². The second-order valence-electron chi connectivity index (χ2n) is 3.86. The van der Waals surface area contributed by atoms with Crippen molar-refractivity contribution in [2.24, 2.45) is 0 Å². The fourth-order valence-electron chi connectivity index (χ4n) is 1.53. The fraction of sp³-hybridized carbons (Fsp3) is 0. The van der Waals surface area contributed by atoms with Crippen molar-refractivity contribution in [2.75, 3.05) is 11.1 Å². The fourth-order valence-corrected chi connectivity index (χ4v) is 1.71. The number of anilines is 3. The van der Waals surface area contributed by atoms with Crippen LogP contribution in [0, 0.1) is 5.82 Å². The van der Waals surface area contributed by atoms with Crippen LogP contribution in [-0.2, 0) is 0 Å². The minimum atomic E-state index is -1.06. The van der Waals surface area contributed by atoms with E-state index >= 15 is 0 Å². The molecule has 2 rings (SSSR count). The lowest BCUT2D eigenvalue weighted by Crippen LogP contribution is -2.01. The number of halogens is 2. The van der Waals surface area contributed by atoms with E-state index in [0.29, 0.717) is 17.1 Å². The van der Waals surface area contributed by atoms with Crippen LogP contribution >= 0.6 is 11.6 Å². The van der Waals surface area contributed by atoms with E-state index in [0.717, 1.165) is 0 Å². The molecule has 0 heterocycles. The third kappa shape index (κ3) is 2.95. The largest absolute Gasteiger partial charge is 0.478 e. The van der Waals surface area contributed by atoms with Crippen LogP contribution in [0.5, 0.6) is 0 Å². The van der Waals surface area contributed by atoms with E-state index in [4.69, 9.17) is 22.4 Å². The molecular weight excluding hydrogens is 271 g/mol. The van der Waals surface area contributed by atoms with Gasteiger partial charge < -0.3 is 16.2 Å². The molecule has 4 N–H and O–H groups in total. The number of carboxylic acid groups (broad SMARTS) is 1. The van der Waals surface area contributed by atoms with E-state index in [9.17, 15) is 9.18 Å². The molecule has 0 spiro atoms. The van der Waals surface area contributed by atoms with Crippen LogP contribution in [-0.4, -0.2) is 11.1 Å². The maximum absolute atomic E-state index is 13.0. The zero-order valence-corrected chi connectivity index (χ0v) is 10.4. The predicted octanol–water partition coefficient (Wildman–Crippen LogP) is 3.50. The topological polar surface area (TPSA) is 75.4 Å². The number of hydrogen-bond acceptors (Lipinski definition) is 3. The Morgan fingerprint density at radius 3 is 2.63 bits per heavy atom. The minimum Gasteiger partial charge on any atom is -0.478 e. The first-order valence-electron chi connectivity index (χ1n) is 5.32. The molecule has 0 saturated carbocycles. The lowest BCUT2D eigenvalue weighted by Gasteiger charge is -2.10. The molecule has 2 aromatic carbocycles. The van der Waals surface area contributed by atoms with Gasteiger partial charge in [-0.3, -0.25) is 0 Å². The summed E-state index contributed by atoms with van der Waals surface area (Å²) >= 11 is 5.66. The van der Waals surface area contributed by atoms with E-state index in [2.05, 4.69) is 5.32 Å². The van der Waals surface area contributed by atoms with Crippen LogP contribution in [0.15, 0.2) is 36.4 Å². The molecule has 0 aliphatic rings. The van der Waals surface area contributed by atoms with E-state index in [1.807, 2.05) is 0 Å². The molecule has 0 aliphatic heterocycles. The van der Waals surface area contributed by atoms with Crippen LogP contribution in [0.4, 0.5) is 21.5 Å². The highest BCUT2D eigenvalue weighted by Crippen LogP contribution is 2.27. The molecule has 0 atom stereocenters. The van der Waals surface area contributed by atoms with Crippen molar-refractivity contribution in [1.29, 1.82) is 0 Å². The third-order valence-corrected chi connectivity index (χ3v) is 2.79. The van der Waals surface area contributed by atoms with Gasteiger partial charge in [-0.2, -0.15) is 0 Å². The molecule has 6 heteroatoms. The summed E-state index contributed by atoms with van der Waals surface area (Å²) in [4.78, 5) is 10.9. The van der Waals surface area contributed by atoms with Gasteiger partial charge in [0.15, 0.2) is 0 Å². The van der Waals surface area contributed by atoms with Gasteiger partial charge in [-0.15, -0.1) is 0 Å². The van der Waals surface area contributed by atoms with Crippen molar-refractivity contribution >= 4 is 34.6 Å². The Morgan fingerprint density at radius 1 is 1.26 bits per heavy atom. The third-order valence-electron chi connectivity index (χ3n) is 2.50. The van der Waals surface area contributed by atoms with Gasteiger partial charge in [-0.25, -0.2) is 9.18 Å². The molecular formula is C13H10ClFN2O2. The number of rotatable bonds is 3. The van der Waals surface area contributed by atoms with Gasteiger partial charge in [0.1, 0.15) is 5.82 Å². The van der Waals surface area contributed by atoms with Crippen molar-refractivity contribution in [2.45, 2.75) is 0 Å². The summed E-state index contributed by atoms with van der Waals surface area (Å²) < 4.78 is 13.0. The van der Waals surface area contributed by atoms with Crippen LogP contribution in [0.3, 0.4) is 0 Å². The van der Waals surface area contributed by atoms with E-state index in [-0.39, 0.29) is 10.6 Å². The number of nitrogens with two attached hydrogens (primary N) is 1. The van der Waals surface area contributed by atoms with Crippen molar-refractivity contribution in [3.8, 4) is 0 Å². The molecule has 2 aromatic rings. The maximum atomic E-state index is 13.0. The number of hydrogen-bond donors (Lipinski definition) is 3. The van der Waals surface area contributed by atoms with Crippen LogP contribution in [0.25, 0.3) is 0 Å². The normalized spacial score (nSPS) is 10.2. The first kappa shape index (κ1) is 13.2. The molecule has 98 valence electrons. The first-order chi connectivity index (χ1) is 8.97. The first-order valence-corrected chi connectivity index (χ1v) is 5.70. The maximum Gasteiger partial charge on any atom is 0.335 e. The summed E-state index contributed by atoms with van der Waals surface area (Å²) in [5.74, 6) is -1.58. The highest BCUT2D eigenvalue weighted by Gasteiger charge is 2.08. The molecule has 0 unspecified atom stereocenters. The number of carboxylic acids is 1. The Balaban J connectivity index is 2.34. The lowest BCUT2D eigenvalue weighted by molar-refractivity contribution is 0.0697. The van der Waals surface area contributed by atoms with Gasteiger partial charge in [0, 0.05) is 5.69 Å². The number of nitrogen functional groups attached to an aromatic ring is 1. The van der Waals surface area contributed by atoms with Crippen molar-refractivity contribution in [3.63, 3.8) is 0 Å². The highest BCUT2D eigenvalue weighted by molar-refractivity contribution is 6.31. The summed E-state index contributed by atoms with van der Waals surface area (Å²) in [7, 11) is 0. The summed E-state index contributed by atoms with van der Waals surface area (Å²) in [5.41, 5.74) is 7.16. The Kier molecular flexibility index (Phi) is 3.57. The Hall–Kier alpha value is -2.27. The highest BCUT2D eigenvalue weighted by atomic mass is 35.5. The van der Waals surface area contributed by atoms with Crippen LogP contribution in [0.1, 0.15) is 10.4 Å². The predicted molar refractivity (Wildman–Crippen MR) is 72.5 cm³/mol. The number of nitrogens with one attached hydrogen (secondary N) is 1. The van der Waals surface area contributed by atoms with Crippen LogP contribution in [0.2, 0.25) is 5.02 Å². The molecule has 0 aliphatic carbocycles. The minimum absolute atomic E-state index is 0.0297. The van der Waals surface area contributed by atoms with Gasteiger partial charge in [0.25, 0.3) is 0 Å². The van der Waals surface area contributed by atoms with Gasteiger partial charge in [0.05, 0.1) is 22.0 Å². The van der Waals surface area contributed by atoms with Gasteiger partial charge in [-0.1, -0.05) is 11.6 Å². The monoisotopic (exact) mass is 280 g/mol. The average Bonchev–Trinajstić information content (AvgIpc) is 2.36. The molecule has 0 saturated heterocycles. The summed E-state index contributed by atoms with van der Waals surface area (Å²) in [6.45, 7) is 0. The molecule has 19 heavy (non-hydrogen) atoms. The van der Waals surface area contributed by atoms with E-state index in [1.54, 1.807) is 0 Å². The van der Waals surface area contributed by atoms with Gasteiger partial charge >= 0.3 is 5.97 Å². The standard InChI is InChI=1S/C13H10ClFN2O2/c14-9-6-8(2-3-10(9)15)17-12-5-7(13(18)19)1-4-11(12)16/h1-6,17H,16H2,(H,18,19). The van der Waals surface area contributed by atoms with Crippen LogP contribution < -0.4 is 11.1 Å². The van der Waals surface area contributed by atoms with Gasteiger partial charge in [0.2, 0.25) is 0 Å². The quantitative estimate of drug-likeness (QED) is 0.752. The SMILES string of the molecule is Nc1ccc(C(=O)O)cc1Nc1ccc(F)c(Cl)c1. The van der Waals surface area contributed by atoms with Crippen molar-refractivity contribution < 1.29 is 14.3 Å². The Bertz CT molecular complexity index is 647. The molecule has 0 amide bonds. The summed E-state index contributed by atoms with van der Waals surface area (Å²) in [6, 6.07) is 8.37. The second kappa shape index (κ2) is 5.16. The van der Waals surface area contributed by atoms with E-state index in [1.165, 1.54) is 36.4 Å². The average molecular weight is 281 g/mol. The van der Waals surface area contributed by atoms with E-state index < -0.39 is 11.8 Å². The molecule has 0 aromatic heterocycles. The zero-order valence-electron chi connectivity index (χ0n) is 9.65. The lowest BCUT2D eigenvalue weighted by atomic mass is 10.1. The van der Waals surface area contributed by atoms with Gasteiger partial charge in [-0.05, 0) is 36.4 Å². The Morgan fingerprint density at radius 2 is 2.00 bits per heavy atom. The number of benzene rings is 2. The number of carbonyl (C=O) groups is 1. The smallest absolute Gasteiger partial charge is 0.335 e. The summed E-state index contributed by atoms with van der Waals surface area (Å²) in [5, 5.41) is 11.8. The number of aromatic carboxylic acids is 1. The second-order valence-corrected chi connectivity index (χ2v) is 4.27. The molecule has 0 radical (unpaired) electrons. The van der Waals surface area contributed by atoms with Crippen molar-refractivity contribution in [1.82, 2.24) is 0 Å². The summed E-state index contributed by atoms with van der Waals surface area (Å²) in [6.07, 6.45) is 0. The zero-order chi connectivity index (χ0) is 14.0.